The highest BCUT2D eigenvalue weighted by Crippen LogP contribution is 2.23. The maximum absolute atomic E-state index is 5.82. The second-order valence-electron chi connectivity index (χ2n) is 8.76. The Morgan fingerprint density at radius 3 is 2.44 bits per heavy atom. The van der Waals surface area contributed by atoms with E-state index in [1.165, 1.54) is 12.0 Å². The first kappa shape index (κ1) is 22.1. The number of aryl methyl sites for hydroxylation is 2. The molecule has 1 unspecified atom stereocenters. The second-order valence-corrected chi connectivity index (χ2v) is 8.76. The van der Waals surface area contributed by atoms with Crippen LogP contribution in [0.3, 0.4) is 0 Å². The SMILES string of the molecule is Cc1ccccc1-c1cn(CC#Cc2ccc(-c3cn(CC4CCCCO4)nn3)c(C)c2)nn1. The van der Waals surface area contributed by atoms with Crippen molar-refractivity contribution in [3.63, 3.8) is 0 Å². The fourth-order valence-corrected chi connectivity index (χ4v) is 4.28. The molecule has 3 heterocycles. The number of ether oxygens (including phenoxy) is 1. The number of hydrogen-bond acceptors (Lipinski definition) is 5. The van der Waals surface area contributed by atoms with Crippen molar-refractivity contribution in [3.05, 3.63) is 71.5 Å². The molecule has 1 fully saturated rings. The quantitative estimate of drug-likeness (QED) is 0.419. The maximum Gasteiger partial charge on any atom is 0.113 e. The largest absolute Gasteiger partial charge is 0.376 e. The number of nitrogens with zero attached hydrogens (tertiary/aromatic N) is 6. The molecule has 5 rings (SSSR count). The van der Waals surface area contributed by atoms with Crippen molar-refractivity contribution in [1.29, 1.82) is 0 Å². The van der Waals surface area contributed by atoms with Gasteiger partial charge < -0.3 is 4.74 Å². The molecule has 1 saturated heterocycles. The molecule has 0 aliphatic carbocycles. The monoisotopic (exact) mass is 452 g/mol. The van der Waals surface area contributed by atoms with E-state index in [4.69, 9.17) is 4.74 Å². The van der Waals surface area contributed by atoms with Crippen LogP contribution in [0.5, 0.6) is 0 Å². The molecule has 0 saturated carbocycles. The lowest BCUT2D eigenvalue weighted by atomic mass is 10.0. The van der Waals surface area contributed by atoms with Crippen molar-refractivity contribution >= 4 is 0 Å². The van der Waals surface area contributed by atoms with Crippen LogP contribution in [0.2, 0.25) is 0 Å². The molecule has 0 amide bonds. The molecule has 2 aromatic heterocycles. The van der Waals surface area contributed by atoms with Gasteiger partial charge in [0.1, 0.15) is 17.9 Å². The zero-order valence-corrected chi connectivity index (χ0v) is 19.6. The molecule has 0 bridgehead atoms. The molecule has 1 aliphatic rings. The van der Waals surface area contributed by atoms with E-state index >= 15 is 0 Å². The molecule has 2 aromatic carbocycles. The van der Waals surface area contributed by atoms with Gasteiger partial charge in [-0.3, -0.25) is 0 Å². The van der Waals surface area contributed by atoms with Gasteiger partial charge in [0.25, 0.3) is 0 Å². The Labute approximate surface area is 199 Å². The highest BCUT2D eigenvalue weighted by molar-refractivity contribution is 5.64. The number of hydrogen-bond donors (Lipinski definition) is 0. The van der Waals surface area contributed by atoms with Crippen molar-refractivity contribution in [1.82, 2.24) is 30.0 Å². The fraction of sp³-hybridized carbons (Fsp3) is 0.333. The summed E-state index contributed by atoms with van der Waals surface area (Å²) in [6.45, 7) is 6.24. The summed E-state index contributed by atoms with van der Waals surface area (Å²) in [5.74, 6) is 6.43. The molecule has 1 aliphatic heterocycles. The molecule has 0 N–H and O–H groups in total. The normalized spacial score (nSPS) is 15.6. The van der Waals surface area contributed by atoms with E-state index in [0.717, 1.165) is 59.6 Å². The number of aromatic nitrogens is 6. The minimum Gasteiger partial charge on any atom is -0.376 e. The van der Waals surface area contributed by atoms with Gasteiger partial charge in [-0.1, -0.05) is 52.6 Å². The van der Waals surface area contributed by atoms with Gasteiger partial charge in [-0.05, 0) is 56.4 Å². The lowest BCUT2D eigenvalue weighted by Crippen LogP contribution is -2.24. The van der Waals surface area contributed by atoms with Crippen molar-refractivity contribution in [3.8, 4) is 34.4 Å². The van der Waals surface area contributed by atoms with Crippen LogP contribution in [-0.2, 0) is 17.8 Å². The van der Waals surface area contributed by atoms with Crippen LogP contribution >= 0.6 is 0 Å². The molecule has 7 heteroatoms. The van der Waals surface area contributed by atoms with E-state index in [1.807, 2.05) is 35.3 Å². The Kier molecular flexibility index (Phi) is 6.50. The van der Waals surface area contributed by atoms with E-state index in [0.29, 0.717) is 6.54 Å². The first-order valence-corrected chi connectivity index (χ1v) is 11.7. The van der Waals surface area contributed by atoms with E-state index in [-0.39, 0.29) is 6.10 Å². The van der Waals surface area contributed by atoms with Crippen molar-refractivity contribution in [2.45, 2.75) is 52.3 Å². The van der Waals surface area contributed by atoms with Crippen LogP contribution in [0.15, 0.2) is 54.9 Å². The van der Waals surface area contributed by atoms with Gasteiger partial charge in [0.2, 0.25) is 0 Å². The highest BCUT2D eigenvalue weighted by atomic mass is 16.5. The number of benzene rings is 2. The summed E-state index contributed by atoms with van der Waals surface area (Å²) in [6.07, 6.45) is 7.64. The third-order valence-electron chi connectivity index (χ3n) is 6.14. The van der Waals surface area contributed by atoms with Crippen molar-refractivity contribution in [2.75, 3.05) is 6.61 Å². The van der Waals surface area contributed by atoms with Gasteiger partial charge in [-0.25, -0.2) is 9.36 Å². The molecule has 172 valence electrons. The van der Waals surface area contributed by atoms with Gasteiger partial charge in [-0.15, -0.1) is 10.2 Å². The Balaban J connectivity index is 1.24. The van der Waals surface area contributed by atoms with Gasteiger partial charge in [0, 0.05) is 23.3 Å². The van der Waals surface area contributed by atoms with Crippen LogP contribution in [0, 0.1) is 25.7 Å². The second kappa shape index (κ2) is 10.0. The highest BCUT2D eigenvalue weighted by Gasteiger charge is 2.16. The van der Waals surface area contributed by atoms with Crippen LogP contribution < -0.4 is 0 Å². The Morgan fingerprint density at radius 2 is 1.68 bits per heavy atom. The minimum atomic E-state index is 0.236. The van der Waals surface area contributed by atoms with Crippen LogP contribution in [0.25, 0.3) is 22.5 Å². The average molecular weight is 453 g/mol. The van der Waals surface area contributed by atoms with Crippen LogP contribution in [0.4, 0.5) is 0 Å². The summed E-state index contributed by atoms with van der Waals surface area (Å²) >= 11 is 0. The predicted octanol–water partition coefficient (Wildman–Crippen LogP) is 4.44. The molecule has 0 radical (unpaired) electrons. The molecule has 4 aromatic rings. The lowest BCUT2D eigenvalue weighted by molar-refractivity contribution is 0.00370. The summed E-state index contributed by atoms with van der Waals surface area (Å²) in [6, 6.07) is 14.4. The predicted molar refractivity (Wildman–Crippen MR) is 131 cm³/mol. The lowest BCUT2D eigenvalue weighted by Gasteiger charge is -2.21. The summed E-state index contributed by atoms with van der Waals surface area (Å²) in [4.78, 5) is 0. The molecule has 7 nitrogen and oxygen atoms in total. The zero-order valence-electron chi connectivity index (χ0n) is 19.6. The fourth-order valence-electron chi connectivity index (χ4n) is 4.28. The molecular formula is C27H28N6O. The Morgan fingerprint density at radius 1 is 0.912 bits per heavy atom. The van der Waals surface area contributed by atoms with Crippen molar-refractivity contribution < 1.29 is 4.74 Å². The molecule has 1 atom stereocenters. The minimum absolute atomic E-state index is 0.236. The Hall–Kier alpha value is -3.76. The third kappa shape index (κ3) is 5.08. The van der Waals surface area contributed by atoms with E-state index in [9.17, 15) is 0 Å². The zero-order chi connectivity index (χ0) is 23.3. The summed E-state index contributed by atoms with van der Waals surface area (Å²) in [7, 11) is 0. The van der Waals surface area contributed by atoms with E-state index in [1.54, 1.807) is 4.68 Å². The molecule has 34 heavy (non-hydrogen) atoms. The van der Waals surface area contributed by atoms with Gasteiger partial charge in [-0.2, -0.15) is 0 Å². The first-order chi connectivity index (χ1) is 16.7. The van der Waals surface area contributed by atoms with Crippen molar-refractivity contribution in [2.24, 2.45) is 0 Å². The molecular weight excluding hydrogens is 424 g/mol. The summed E-state index contributed by atoms with van der Waals surface area (Å²) in [5, 5.41) is 17.2. The van der Waals surface area contributed by atoms with Gasteiger partial charge in [0.15, 0.2) is 0 Å². The molecule has 0 spiro atoms. The summed E-state index contributed by atoms with van der Waals surface area (Å²) in [5.41, 5.74) is 7.16. The smallest absolute Gasteiger partial charge is 0.113 e. The maximum atomic E-state index is 5.82. The summed E-state index contributed by atoms with van der Waals surface area (Å²) < 4.78 is 9.48. The van der Waals surface area contributed by atoms with Crippen LogP contribution in [-0.4, -0.2) is 42.7 Å². The Bertz CT molecular complexity index is 1340. The van der Waals surface area contributed by atoms with E-state index < -0.39 is 0 Å². The van der Waals surface area contributed by atoms with E-state index in [2.05, 4.69) is 70.6 Å². The average Bonchev–Trinajstić information content (AvgIpc) is 3.50. The topological polar surface area (TPSA) is 70.7 Å². The first-order valence-electron chi connectivity index (χ1n) is 11.7. The van der Waals surface area contributed by atoms with Crippen LogP contribution in [0.1, 0.15) is 36.0 Å². The van der Waals surface area contributed by atoms with Gasteiger partial charge in [0.05, 0.1) is 25.0 Å². The van der Waals surface area contributed by atoms with Gasteiger partial charge >= 0.3 is 0 Å². The standard InChI is InChI=1S/C27H28N6O/c1-20-8-3-4-11-24(20)26-18-32(30-28-26)14-7-9-22-12-13-25(21(2)16-22)27-19-33(31-29-27)17-23-10-5-6-15-34-23/h3-4,8,11-13,16,18-19,23H,5-6,10,14-15,17H2,1-2H3. The number of rotatable bonds is 5. The third-order valence-corrected chi connectivity index (χ3v) is 6.14.